The fourth-order valence-corrected chi connectivity index (χ4v) is 2.25. The largest absolute Gasteiger partial charge is 0.385 e. The van der Waals surface area contributed by atoms with E-state index in [-0.39, 0.29) is 0 Å². The minimum atomic E-state index is 0.632. The van der Waals surface area contributed by atoms with Gasteiger partial charge < -0.3 is 15.4 Å². The second kappa shape index (κ2) is 8.10. The molecule has 0 saturated carbocycles. The van der Waals surface area contributed by atoms with Crippen LogP contribution in [0.4, 0.5) is 17.5 Å². The van der Waals surface area contributed by atoms with Gasteiger partial charge in [0.25, 0.3) is 0 Å². The fourth-order valence-electron chi connectivity index (χ4n) is 2.00. The number of aromatic nitrogens is 2. The van der Waals surface area contributed by atoms with Gasteiger partial charge in [0.15, 0.2) is 0 Å². The van der Waals surface area contributed by atoms with Crippen LogP contribution >= 0.6 is 15.9 Å². The first-order chi connectivity index (χ1) is 10.6. The molecule has 1 aromatic carbocycles. The zero-order chi connectivity index (χ0) is 15.9. The van der Waals surface area contributed by atoms with Crippen molar-refractivity contribution in [3.05, 3.63) is 40.0 Å². The summed E-state index contributed by atoms with van der Waals surface area (Å²) in [6, 6.07) is 8.04. The number of halogens is 1. The van der Waals surface area contributed by atoms with Crippen LogP contribution in [0.2, 0.25) is 0 Å². The van der Waals surface area contributed by atoms with E-state index in [1.165, 1.54) is 5.56 Å². The highest BCUT2D eigenvalue weighted by molar-refractivity contribution is 9.10. The first kappa shape index (κ1) is 16.7. The molecular formula is C16H21BrN4O. The Hall–Kier alpha value is -1.66. The third-order valence-electron chi connectivity index (χ3n) is 3.09. The highest BCUT2D eigenvalue weighted by Gasteiger charge is 2.04. The molecule has 2 N–H and O–H groups in total. The summed E-state index contributed by atoms with van der Waals surface area (Å²) in [5, 5.41) is 6.54. The van der Waals surface area contributed by atoms with Gasteiger partial charge in [0.1, 0.15) is 5.82 Å². The molecular weight excluding hydrogens is 344 g/mol. The Bertz CT molecular complexity index is 634. The molecule has 0 aliphatic rings. The number of nitrogens with one attached hydrogen (secondary N) is 2. The number of methoxy groups -OCH3 is 1. The Kier molecular flexibility index (Phi) is 6.15. The summed E-state index contributed by atoms with van der Waals surface area (Å²) in [5.74, 6) is 1.41. The van der Waals surface area contributed by atoms with Gasteiger partial charge in [-0.2, -0.15) is 4.98 Å². The number of ether oxygens (including phenoxy) is 1. The molecule has 0 spiro atoms. The Morgan fingerprint density at radius 2 is 2.00 bits per heavy atom. The van der Waals surface area contributed by atoms with Gasteiger partial charge in [-0.1, -0.05) is 15.9 Å². The van der Waals surface area contributed by atoms with E-state index in [9.17, 15) is 0 Å². The number of nitrogens with zero attached hydrogens (tertiary/aromatic N) is 2. The number of hydrogen-bond acceptors (Lipinski definition) is 5. The Balaban J connectivity index is 2.06. The molecule has 22 heavy (non-hydrogen) atoms. The third kappa shape index (κ3) is 4.96. The van der Waals surface area contributed by atoms with Gasteiger partial charge in [-0.05, 0) is 44.0 Å². The Morgan fingerprint density at radius 3 is 2.73 bits per heavy atom. The van der Waals surface area contributed by atoms with Crippen molar-refractivity contribution in [2.24, 2.45) is 0 Å². The molecule has 0 atom stereocenters. The van der Waals surface area contributed by atoms with Gasteiger partial charge in [0.2, 0.25) is 5.95 Å². The van der Waals surface area contributed by atoms with Crippen molar-refractivity contribution >= 4 is 33.4 Å². The molecule has 0 aliphatic carbocycles. The molecule has 0 unspecified atom stereocenters. The van der Waals surface area contributed by atoms with Gasteiger partial charge in [-0.25, -0.2) is 4.98 Å². The highest BCUT2D eigenvalue weighted by atomic mass is 79.9. The summed E-state index contributed by atoms with van der Waals surface area (Å²) < 4.78 is 6.12. The predicted octanol–water partition coefficient (Wildman–Crippen LogP) is 4.05. The maximum Gasteiger partial charge on any atom is 0.224 e. The number of anilines is 3. The van der Waals surface area contributed by atoms with Crippen molar-refractivity contribution < 1.29 is 4.74 Å². The summed E-state index contributed by atoms with van der Waals surface area (Å²) in [6.45, 7) is 5.53. The zero-order valence-corrected chi connectivity index (χ0v) is 14.7. The van der Waals surface area contributed by atoms with Crippen molar-refractivity contribution in [2.75, 3.05) is 30.9 Å². The summed E-state index contributed by atoms with van der Waals surface area (Å²) >= 11 is 3.51. The van der Waals surface area contributed by atoms with Crippen LogP contribution in [0.1, 0.15) is 17.7 Å². The maximum atomic E-state index is 5.03. The molecule has 2 rings (SSSR count). The summed E-state index contributed by atoms with van der Waals surface area (Å²) in [5.41, 5.74) is 3.10. The zero-order valence-electron chi connectivity index (χ0n) is 13.1. The van der Waals surface area contributed by atoms with Crippen molar-refractivity contribution in [3.63, 3.8) is 0 Å². The quantitative estimate of drug-likeness (QED) is 0.725. The lowest BCUT2D eigenvalue weighted by atomic mass is 10.2. The molecule has 0 fully saturated rings. The van der Waals surface area contributed by atoms with Crippen LogP contribution in [-0.2, 0) is 4.74 Å². The van der Waals surface area contributed by atoms with Crippen LogP contribution in [0.15, 0.2) is 28.7 Å². The minimum absolute atomic E-state index is 0.632. The smallest absolute Gasteiger partial charge is 0.224 e. The second-order valence-electron chi connectivity index (χ2n) is 5.08. The van der Waals surface area contributed by atoms with E-state index in [0.29, 0.717) is 5.95 Å². The standard InChI is InChI=1S/C16H21BrN4O/c1-11-9-13(5-6-14(11)17)20-15-10-12(2)19-16(21-15)18-7-4-8-22-3/h5-6,9-10H,4,7-8H2,1-3H3,(H2,18,19,20,21). The highest BCUT2D eigenvalue weighted by Crippen LogP contribution is 2.23. The van der Waals surface area contributed by atoms with E-state index in [1.807, 2.05) is 25.1 Å². The van der Waals surface area contributed by atoms with Crippen LogP contribution in [0, 0.1) is 13.8 Å². The van der Waals surface area contributed by atoms with Gasteiger partial charge in [0, 0.05) is 42.2 Å². The fraction of sp³-hybridized carbons (Fsp3) is 0.375. The molecule has 0 radical (unpaired) electrons. The lowest BCUT2D eigenvalue weighted by molar-refractivity contribution is 0.197. The lowest BCUT2D eigenvalue weighted by Crippen LogP contribution is -2.09. The molecule has 1 aromatic heterocycles. The van der Waals surface area contributed by atoms with E-state index in [2.05, 4.69) is 49.5 Å². The Labute approximate surface area is 139 Å². The summed E-state index contributed by atoms with van der Waals surface area (Å²) in [4.78, 5) is 8.89. The molecule has 0 saturated heterocycles. The van der Waals surface area contributed by atoms with Gasteiger partial charge in [0.05, 0.1) is 0 Å². The van der Waals surface area contributed by atoms with E-state index in [4.69, 9.17) is 4.74 Å². The topological polar surface area (TPSA) is 59.1 Å². The summed E-state index contributed by atoms with van der Waals surface area (Å²) in [6.07, 6.45) is 0.919. The molecule has 5 nitrogen and oxygen atoms in total. The predicted molar refractivity (Wildman–Crippen MR) is 93.9 cm³/mol. The minimum Gasteiger partial charge on any atom is -0.385 e. The number of rotatable bonds is 7. The van der Waals surface area contributed by atoms with Crippen LogP contribution in [-0.4, -0.2) is 30.2 Å². The number of hydrogen-bond donors (Lipinski definition) is 2. The van der Waals surface area contributed by atoms with E-state index in [1.54, 1.807) is 7.11 Å². The van der Waals surface area contributed by atoms with E-state index < -0.39 is 0 Å². The average Bonchev–Trinajstić information content (AvgIpc) is 2.47. The van der Waals surface area contributed by atoms with Gasteiger partial charge >= 0.3 is 0 Å². The van der Waals surface area contributed by atoms with Crippen molar-refractivity contribution in [3.8, 4) is 0 Å². The monoisotopic (exact) mass is 364 g/mol. The van der Waals surface area contributed by atoms with Crippen LogP contribution in [0.25, 0.3) is 0 Å². The SMILES string of the molecule is COCCCNc1nc(C)cc(Nc2ccc(Br)c(C)c2)n1. The van der Waals surface area contributed by atoms with Crippen LogP contribution in [0.5, 0.6) is 0 Å². The molecule has 0 amide bonds. The van der Waals surface area contributed by atoms with Gasteiger partial charge in [-0.3, -0.25) is 0 Å². The molecule has 118 valence electrons. The van der Waals surface area contributed by atoms with Crippen molar-refractivity contribution in [1.29, 1.82) is 0 Å². The normalized spacial score (nSPS) is 10.5. The average molecular weight is 365 g/mol. The number of aryl methyl sites for hydroxylation is 2. The first-order valence-electron chi connectivity index (χ1n) is 7.20. The molecule has 6 heteroatoms. The third-order valence-corrected chi connectivity index (χ3v) is 3.98. The maximum absolute atomic E-state index is 5.03. The van der Waals surface area contributed by atoms with E-state index >= 15 is 0 Å². The second-order valence-corrected chi connectivity index (χ2v) is 5.93. The summed E-state index contributed by atoms with van der Waals surface area (Å²) in [7, 11) is 1.70. The molecule has 0 aliphatic heterocycles. The van der Waals surface area contributed by atoms with Gasteiger partial charge in [-0.15, -0.1) is 0 Å². The van der Waals surface area contributed by atoms with Crippen molar-refractivity contribution in [1.82, 2.24) is 9.97 Å². The van der Waals surface area contributed by atoms with Crippen LogP contribution < -0.4 is 10.6 Å². The lowest BCUT2D eigenvalue weighted by Gasteiger charge is -2.11. The van der Waals surface area contributed by atoms with E-state index in [0.717, 1.165) is 41.2 Å². The molecule has 0 bridgehead atoms. The molecule has 2 aromatic rings. The van der Waals surface area contributed by atoms with Crippen LogP contribution in [0.3, 0.4) is 0 Å². The van der Waals surface area contributed by atoms with Crippen molar-refractivity contribution in [2.45, 2.75) is 20.3 Å². The molecule has 1 heterocycles. The first-order valence-corrected chi connectivity index (χ1v) is 7.99. The Morgan fingerprint density at radius 1 is 1.18 bits per heavy atom. The number of benzene rings is 1.